The third-order valence-corrected chi connectivity index (χ3v) is 2.08. The Balaban J connectivity index is 4.38. The summed E-state index contributed by atoms with van der Waals surface area (Å²) in [5, 5.41) is 0. The highest BCUT2D eigenvalue weighted by Gasteiger charge is 2.37. The highest BCUT2D eigenvalue weighted by Crippen LogP contribution is 2.25. The maximum absolute atomic E-state index is 5.48. The summed E-state index contributed by atoms with van der Waals surface area (Å²) in [5.74, 6) is -0.932. The zero-order chi connectivity index (χ0) is 10.3. The lowest BCUT2D eigenvalue weighted by Gasteiger charge is -2.34. The summed E-state index contributed by atoms with van der Waals surface area (Å²) in [6.45, 7) is 9.40. The number of hydrogen-bond acceptors (Lipinski definition) is 3. The minimum absolute atomic E-state index is 0.000139. The van der Waals surface area contributed by atoms with E-state index in [9.17, 15) is 0 Å². The van der Waals surface area contributed by atoms with Crippen LogP contribution in [0.25, 0.3) is 0 Å². The van der Waals surface area contributed by atoms with Crippen LogP contribution in [0.1, 0.15) is 27.7 Å². The van der Waals surface area contributed by atoms with Gasteiger partial charge in [-0.2, -0.15) is 0 Å². The summed E-state index contributed by atoms with van der Waals surface area (Å²) in [7, 11) is 0. The zero-order valence-electron chi connectivity index (χ0n) is 8.80. The van der Waals surface area contributed by atoms with Gasteiger partial charge in [0.25, 0.3) is 5.97 Å². The highest BCUT2D eigenvalue weighted by molar-refractivity contribution is 9.09. The highest BCUT2D eigenvalue weighted by atomic mass is 79.9. The van der Waals surface area contributed by atoms with Crippen molar-refractivity contribution in [2.45, 2.75) is 38.5 Å². The SMILES string of the molecule is CCOC(OCC)(OCC)[C@H](C)Br. The first-order valence-electron chi connectivity index (χ1n) is 4.68. The van der Waals surface area contributed by atoms with E-state index >= 15 is 0 Å². The Morgan fingerprint density at radius 1 is 1.00 bits per heavy atom. The Bertz CT molecular complexity index is 111. The topological polar surface area (TPSA) is 27.7 Å². The van der Waals surface area contributed by atoms with Gasteiger partial charge in [0.2, 0.25) is 0 Å². The van der Waals surface area contributed by atoms with Gasteiger partial charge in [0, 0.05) is 19.8 Å². The maximum atomic E-state index is 5.48. The summed E-state index contributed by atoms with van der Waals surface area (Å²) >= 11 is 3.43. The largest absolute Gasteiger partial charge is 0.327 e. The van der Waals surface area contributed by atoms with E-state index in [2.05, 4.69) is 15.9 Å². The van der Waals surface area contributed by atoms with Gasteiger partial charge in [-0.3, -0.25) is 0 Å². The lowest BCUT2D eigenvalue weighted by Crippen LogP contribution is -2.46. The Morgan fingerprint density at radius 2 is 1.31 bits per heavy atom. The molecule has 0 fully saturated rings. The molecule has 0 spiro atoms. The molecular weight excluding hydrogens is 236 g/mol. The summed E-state index contributed by atoms with van der Waals surface area (Å²) in [5.41, 5.74) is 0. The van der Waals surface area contributed by atoms with E-state index in [1.54, 1.807) is 0 Å². The van der Waals surface area contributed by atoms with Crippen molar-refractivity contribution >= 4 is 15.9 Å². The molecule has 0 aliphatic rings. The van der Waals surface area contributed by atoms with E-state index in [1.807, 2.05) is 27.7 Å². The molecule has 80 valence electrons. The molecule has 0 aromatic heterocycles. The van der Waals surface area contributed by atoms with Crippen LogP contribution < -0.4 is 0 Å². The van der Waals surface area contributed by atoms with Gasteiger partial charge >= 0.3 is 0 Å². The second-order valence-electron chi connectivity index (χ2n) is 2.52. The van der Waals surface area contributed by atoms with Crippen LogP contribution in [-0.2, 0) is 14.2 Å². The number of rotatable bonds is 7. The monoisotopic (exact) mass is 254 g/mol. The van der Waals surface area contributed by atoms with Crippen LogP contribution in [0.15, 0.2) is 0 Å². The molecule has 0 unspecified atom stereocenters. The molecule has 3 nitrogen and oxygen atoms in total. The molecule has 4 heteroatoms. The van der Waals surface area contributed by atoms with Gasteiger partial charge in [-0.1, -0.05) is 15.9 Å². The fourth-order valence-electron chi connectivity index (χ4n) is 1.07. The van der Waals surface area contributed by atoms with Crippen molar-refractivity contribution in [3.63, 3.8) is 0 Å². The fraction of sp³-hybridized carbons (Fsp3) is 1.00. The Morgan fingerprint density at radius 3 is 1.46 bits per heavy atom. The average molecular weight is 255 g/mol. The summed E-state index contributed by atoms with van der Waals surface area (Å²) in [6.07, 6.45) is 0. The first kappa shape index (κ1) is 13.4. The molecule has 0 N–H and O–H groups in total. The first-order valence-corrected chi connectivity index (χ1v) is 5.60. The van der Waals surface area contributed by atoms with Crippen molar-refractivity contribution in [3.8, 4) is 0 Å². The summed E-state index contributed by atoms with van der Waals surface area (Å²) in [4.78, 5) is -0.000139. The second kappa shape index (κ2) is 6.76. The first-order chi connectivity index (χ1) is 6.13. The quantitative estimate of drug-likeness (QED) is 0.517. The van der Waals surface area contributed by atoms with Crippen molar-refractivity contribution < 1.29 is 14.2 Å². The van der Waals surface area contributed by atoms with Crippen LogP contribution in [0, 0.1) is 0 Å². The average Bonchev–Trinajstić information content (AvgIpc) is 2.05. The number of halogens is 1. The van der Waals surface area contributed by atoms with Gasteiger partial charge in [0.15, 0.2) is 0 Å². The predicted octanol–water partition coefficient (Wildman–Crippen LogP) is 2.53. The lowest BCUT2D eigenvalue weighted by atomic mass is 10.4. The van der Waals surface area contributed by atoms with Crippen molar-refractivity contribution in [1.82, 2.24) is 0 Å². The minimum Gasteiger partial charge on any atom is -0.327 e. The third-order valence-electron chi connectivity index (χ3n) is 1.52. The van der Waals surface area contributed by atoms with E-state index < -0.39 is 5.97 Å². The molecule has 0 rings (SSSR count). The van der Waals surface area contributed by atoms with Crippen LogP contribution in [-0.4, -0.2) is 30.6 Å². The number of hydrogen-bond donors (Lipinski definition) is 0. The molecule has 0 radical (unpaired) electrons. The summed E-state index contributed by atoms with van der Waals surface area (Å²) in [6, 6.07) is 0. The molecule has 0 aromatic carbocycles. The van der Waals surface area contributed by atoms with E-state index in [1.165, 1.54) is 0 Å². The van der Waals surface area contributed by atoms with E-state index in [-0.39, 0.29) is 4.83 Å². The van der Waals surface area contributed by atoms with E-state index in [4.69, 9.17) is 14.2 Å². The van der Waals surface area contributed by atoms with Gasteiger partial charge in [-0.25, -0.2) is 0 Å². The maximum Gasteiger partial charge on any atom is 0.295 e. The molecule has 0 bridgehead atoms. The van der Waals surface area contributed by atoms with Crippen molar-refractivity contribution in [2.24, 2.45) is 0 Å². The Hall–Kier alpha value is 0.360. The molecule has 0 aliphatic carbocycles. The van der Waals surface area contributed by atoms with Gasteiger partial charge < -0.3 is 14.2 Å². The standard InChI is InChI=1S/C9H19BrO3/c1-5-11-9(8(4)10,12-6-2)13-7-3/h8H,5-7H2,1-4H3/t8-/m0/s1. The van der Waals surface area contributed by atoms with Crippen LogP contribution in [0.4, 0.5) is 0 Å². The predicted molar refractivity (Wildman–Crippen MR) is 56.0 cm³/mol. The number of alkyl halides is 1. The Labute approximate surface area is 88.9 Å². The molecule has 13 heavy (non-hydrogen) atoms. The zero-order valence-corrected chi connectivity index (χ0v) is 10.4. The number of ether oxygens (including phenoxy) is 3. The molecule has 0 saturated heterocycles. The van der Waals surface area contributed by atoms with Crippen molar-refractivity contribution in [1.29, 1.82) is 0 Å². The molecule has 0 heterocycles. The van der Waals surface area contributed by atoms with Gasteiger partial charge in [0.1, 0.15) is 0 Å². The summed E-state index contributed by atoms with van der Waals surface area (Å²) < 4.78 is 16.4. The molecule has 0 aliphatic heterocycles. The smallest absolute Gasteiger partial charge is 0.295 e. The normalized spacial score (nSPS) is 14.5. The third kappa shape index (κ3) is 3.94. The van der Waals surface area contributed by atoms with E-state index in [0.29, 0.717) is 19.8 Å². The van der Waals surface area contributed by atoms with Crippen LogP contribution in [0.3, 0.4) is 0 Å². The Kier molecular flexibility index (Phi) is 6.95. The van der Waals surface area contributed by atoms with Gasteiger partial charge in [-0.05, 0) is 27.7 Å². The van der Waals surface area contributed by atoms with Crippen LogP contribution in [0.2, 0.25) is 0 Å². The molecule has 1 atom stereocenters. The molecule has 0 amide bonds. The minimum atomic E-state index is -0.932. The molecule has 0 aromatic rings. The van der Waals surface area contributed by atoms with E-state index in [0.717, 1.165) is 0 Å². The molecular formula is C9H19BrO3. The van der Waals surface area contributed by atoms with Crippen LogP contribution in [0.5, 0.6) is 0 Å². The van der Waals surface area contributed by atoms with Gasteiger partial charge in [0.05, 0.1) is 4.83 Å². The molecule has 0 saturated carbocycles. The van der Waals surface area contributed by atoms with Crippen molar-refractivity contribution in [3.05, 3.63) is 0 Å². The van der Waals surface area contributed by atoms with Gasteiger partial charge in [-0.15, -0.1) is 0 Å². The second-order valence-corrected chi connectivity index (χ2v) is 3.89. The van der Waals surface area contributed by atoms with Crippen LogP contribution >= 0.6 is 15.9 Å². The lowest BCUT2D eigenvalue weighted by molar-refractivity contribution is -0.373. The fourth-order valence-corrected chi connectivity index (χ4v) is 1.47. The van der Waals surface area contributed by atoms with Crippen molar-refractivity contribution in [2.75, 3.05) is 19.8 Å².